The molecule has 0 spiro atoms. The van der Waals surface area contributed by atoms with Gasteiger partial charge in [-0.05, 0) is 54.0 Å². The lowest BCUT2D eigenvalue weighted by atomic mass is 10.1. The Bertz CT molecular complexity index is 894. The molecule has 1 atom stereocenters. The minimum atomic E-state index is -3.01. The molecule has 1 amide bonds. The quantitative estimate of drug-likeness (QED) is 0.759. The molecule has 3 rings (SSSR count). The summed E-state index contributed by atoms with van der Waals surface area (Å²) >= 11 is 1.22. The number of nitrogens with zero attached hydrogens (tertiary/aromatic N) is 4. The van der Waals surface area contributed by atoms with Crippen molar-refractivity contribution in [1.82, 2.24) is 25.5 Å². The first-order chi connectivity index (χ1) is 11.8. The molecule has 0 saturated carbocycles. The number of aromatic nitrogens is 4. The first-order valence-electron chi connectivity index (χ1n) is 7.83. The number of tetrazole rings is 1. The molecule has 1 aromatic heterocycles. The second kappa shape index (κ2) is 7.12. The number of hydrogen-bond donors (Lipinski definition) is 1. The summed E-state index contributed by atoms with van der Waals surface area (Å²) in [4.78, 5) is 12.0. The summed E-state index contributed by atoms with van der Waals surface area (Å²) < 4.78 is 24.5. The molecule has 1 N–H and O–H groups in total. The van der Waals surface area contributed by atoms with Crippen LogP contribution in [0.15, 0.2) is 23.4 Å². The highest BCUT2D eigenvalue weighted by molar-refractivity contribution is 7.99. The average molecular weight is 381 g/mol. The minimum Gasteiger partial charge on any atom is -0.352 e. The van der Waals surface area contributed by atoms with Gasteiger partial charge in [-0.15, -0.1) is 5.10 Å². The summed E-state index contributed by atoms with van der Waals surface area (Å²) in [6.07, 6.45) is 0.471. The Morgan fingerprint density at radius 2 is 2.16 bits per heavy atom. The third-order valence-electron chi connectivity index (χ3n) is 4.11. The van der Waals surface area contributed by atoms with Crippen LogP contribution in [-0.4, -0.2) is 57.8 Å². The highest BCUT2D eigenvalue weighted by atomic mass is 32.2. The molecular formula is C15H19N5O3S2. The maximum Gasteiger partial charge on any atom is 0.230 e. The maximum atomic E-state index is 12.0. The van der Waals surface area contributed by atoms with Crippen molar-refractivity contribution in [2.24, 2.45) is 0 Å². The molecule has 1 aliphatic heterocycles. The van der Waals surface area contributed by atoms with Crippen molar-refractivity contribution in [3.8, 4) is 5.69 Å². The standard InChI is InChI=1S/C15H19N5O3S2/c1-10-3-4-13(7-11(10)2)20-15(17-18-19-20)24-8-14(21)16-12-5-6-25(22,23)9-12/h3-4,7,12H,5-6,8-9H2,1-2H3,(H,16,21)/t12-/m1/s1. The fraction of sp³-hybridized carbons (Fsp3) is 0.467. The third kappa shape index (κ3) is 4.37. The van der Waals surface area contributed by atoms with E-state index < -0.39 is 9.84 Å². The maximum absolute atomic E-state index is 12.0. The summed E-state index contributed by atoms with van der Waals surface area (Å²) in [7, 11) is -3.01. The van der Waals surface area contributed by atoms with Crippen LogP contribution < -0.4 is 5.32 Å². The summed E-state index contributed by atoms with van der Waals surface area (Å²) in [6, 6.07) is 5.60. The fourth-order valence-corrected chi connectivity index (χ4v) is 4.97. The van der Waals surface area contributed by atoms with E-state index in [1.54, 1.807) is 4.68 Å². The van der Waals surface area contributed by atoms with Crippen LogP contribution in [0.3, 0.4) is 0 Å². The Kier molecular flexibility index (Phi) is 5.09. The van der Waals surface area contributed by atoms with Crippen molar-refractivity contribution in [1.29, 1.82) is 0 Å². The van der Waals surface area contributed by atoms with Crippen LogP contribution in [-0.2, 0) is 14.6 Å². The smallest absolute Gasteiger partial charge is 0.230 e. The second-order valence-corrected chi connectivity index (χ2v) is 9.27. The van der Waals surface area contributed by atoms with Crippen LogP contribution in [0.4, 0.5) is 0 Å². The predicted molar refractivity (Wildman–Crippen MR) is 94.6 cm³/mol. The van der Waals surface area contributed by atoms with Crippen LogP contribution in [0, 0.1) is 13.8 Å². The zero-order chi connectivity index (χ0) is 18.0. The van der Waals surface area contributed by atoms with E-state index in [2.05, 4.69) is 20.8 Å². The van der Waals surface area contributed by atoms with Crippen LogP contribution in [0.25, 0.3) is 5.69 Å². The van der Waals surface area contributed by atoms with E-state index in [0.717, 1.165) is 11.3 Å². The molecule has 1 saturated heterocycles. The molecule has 1 aromatic carbocycles. The number of benzene rings is 1. The first-order valence-corrected chi connectivity index (χ1v) is 10.6. The molecule has 25 heavy (non-hydrogen) atoms. The number of thioether (sulfide) groups is 1. The zero-order valence-electron chi connectivity index (χ0n) is 14.0. The molecule has 0 bridgehead atoms. The van der Waals surface area contributed by atoms with Gasteiger partial charge in [-0.2, -0.15) is 4.68 Å². The van der Waals surface area contributed by atoms with Gasteiger partial charge >= 0.3 is 0 Å². The Balaban J connectivity index is 1.62. The van der Waals surface area contributed by atoms with Crippen molar-refractivity contribution < 1.29 is 13.2 Å². The number of carbonyl (C=O) groups excluding carboxylic acids is 1. The van der Waals surface area contributed by atoms with Gasteiger partial charge < -0.3 is 5.32 Å². The lowest BCUT2D eigenvalue weighted by Gasteiger charge is -2.10. The molecule has 2 aromatic rings. The Hall–Kier alpha value is -1.94. The molecule has 1 aliphatic rings. The number of nitrogens with one attached hydrogen (secondary N) is 1. The SMILES string of the molecule is Cc1ccc(-n2nnnc2SCC(=O)N[C@@H]2CCS(=O)(=O)C2)cc1C. The summed E-state index contributed by atoms with van der Waals surface area (Å²) in [5, 5.41) is 14.9. The summed E-state index contributed by atoms with van der Waals surface area (Å²) in [5.74, 6) is 0.0588. The average Bonchev–Trinajstić information content (AvgIpc) is 3.14. The number of hydrogen-bond acceptors (Lipinski definition) is 7. The summed E-state index contributed by atoms with van der Waals surface area (Å²) in [6.45, 7) is 4.04. The van der Waals surface area contributed by atoms with E-state index in [0.29, 0.717) is 11.6 Å². The van der Waals surface area contributed by atoms with E-state index in [9.17, 15) is 13.2 Å². The van der Waals surface area contributed by atoms with E-state index in [1.165, 1.54) is 17.3 Å². The molecule has 1 fully saturated rings. The van der Waals surface area contributed by atoms with E-state index in [4.69, 9.17) is 0 Å². The number of carbonyl (C=O) groups is 1. The Morgan fingerprint density at radius 3 is 2.84 bits per heavy atom. The number of aryl methyl sites for hydroxylation is 2. The van der Waals surface area contributed by atoms with Gasteiger partial charge in [0.1, 0.15) is 0 Å². The van der Waals surface area contributed by atoms with Gasteiger partial charge in [0.05, 0.1) is 22.9 Å². The predicted octanol–water partition coefficient (Wildman–Crippen LogP) is 0.675. The van der Waals surface area contributed by atoms with E-state index in [-0.39, 0.29) is 29.2 Å². The molecule has 2 heterocycles. The van der Waals surface area contributed by atoms with Crippen molar-refractivity contribution >= 4 is 27.5 Å². The molecule has 0 aliphatic carbocycles. The van der Waals surface area contributed by atoms with Crippen LogP contribution in [0.5, 0.6) is 0 Å². The van der Waals surface area contributed by atoms with E-state index >= 15 is 0 Å². The van der Waals surface area contributed by atoms with Crippen LogP contribution >= 0.6 is 11.8 Å². The van der Waals surface area contributed by atoms with Crippen molar-refractivity contribution in [2.75, 3.05) is 17.3 Å². The van der Waals surface area contributed by atoms with Gasteiger partial charge in [0, 0.05) is 6.04 Å². The number of rotatable bonds is 5. The van der Waals surface area contributed by atoms with Crippen molar-refractivity contribution in [2.45, 2.75) is 31.5 Å². The molecule has 134 valence electrons. The first kappa shape index (κ1) is 17.9. The van der Waals surface area contributed by atoms with Crippen LogP contribution in [0.1, 0.15) is 17.5 Å². The largest absolute Gasteiger partial charge is 0.352 e. The molecule has 10 heteroatoms. The van der Waals surface area contributed by atoms with Crippen LogP contribution in [0.2, 0.25) is 0 Å². The lowest BCUT2D eigenvalue weighted by Crippen LogP contribution is -2.36. The highest BCUT2D eigenvalue weighted by Gasteiger charge is 2.28. The summed E-state index contributed by atoms with van der Waals surface area (Å²) in [5.41, 5.74) is 3.14. The minimum absolute atomic E-state index is 0.0176. The van der Waals surface area contributed by atoms with Gasteiger partial charge in [-0.1, -0.05) is 17.8 Å². The van der Waals surface area contributed by atoms with Gasteiger partial charge in [0.2, 0.25) is 11.1 Å². The van der Waals surface area contributed by atoms with Gasteiger partial charge in [0.25, 0.3) is 0 Å². The van der Waals surface area contributed by atoms with Gasteiger partial charge in [-0.25, -0.2) is 8.42 Å². The lowest BCUT2D eigenvalue weighted by molar-refractivity contribution is -0.119. The topological polar surface area (TPSA) is 107 Å². The molecule has 0 radical (unpaired) electrons. The highest BCUT2D eigenvalue weighted by Crippen LogP contribution is 2.20. The van der Waals surface area contributed by atoms with Gasteiger partial charge in [-0.3, -0.25) is 4.79 Å². The Morgan fingerprint density at radius 1 is 1.36 bits per heavy atom. The van der Waals surface area contributed by atoms with Crippen molar-refractivity contribution in [3.63, 3.8) is 0 Å². The van der Waals surface area contributed by atoms with Crippen molar-refractivity contribution in [3.05, 3.63) is 29.3 Å². The number of sulfone groups is 1. The van der Waals surface area contributed by atoms with E-state index in [1.807, 2.05) is 32.0 Å². The van der Waals surface area contributed by atoms with Gasteiger partial charge in [0.15, 0.2) is 9.84 Å². The molecular weight excluding hydrogens is 362 g/mol. The fourth-order valence-electron chi connectivity index (χ4n) is 2.60. The Labute approximate surface area is 150 Å². The normalized spacial score (nSPS) is 19.0. The molecule has 8 nitrogen and oxygen atoms in total. The number of amides is 1. The third-order valence-corrected chi connectivity index (χ3v) is 6.79. The second-order valence-electron chi connectivity index (χ2n) is 6.10. The monoisotopic (exact) mass is 381 g/mol. The molecule has 0 unspecified atom stereocenters. The zero-order valence-corrected chi connectivity index (χ0v) is 15.6.